The number of hydrogen-bond acceptors (Lipinski definition) is 2. The molecule has 0 saturated heterocycles. The third kappa shape index (κ3) is 3.05. The van der Waals surface area contributed by atoms with Gasteiger partial charge in [0, 0.05) is 16.0 Å². The van der Waals surface area contributed by atoms with E-state index >= 15 is 0 Å². The van der Waals surface area contributed by atoms with E-state index < -0.39 is 0 Å². The first kappa shape index (κ1) is 10.6. The van der Waals surface area contributed by atoms with Crippen molar-refractivity contribution in [2.75, 3.05) is 7.11 Å². The summed E-state index contributed by atoms with van der Waals surface area (Å²) in [5.41, 5.74) is 0. The van der Waals surface area contributed by atoms with Crippen LogP contribution in [0.2, 0.25) is 0 Å². The van der Waals surface area contributed by atoms with Crippen LogP contribution in [0.5, 0.6) is 0 Å². The topological polar surface area (TPSA) is 26.3 Å². The van der Waals surface area contributed by atoms with Gasteiger partial charge in [-0.1, -0.05) is 23.2 Å². The van der Waals surface area contributed by atoms with Gasteiger partial charge in [0.1, 0.15) is 0 Å². The van der Waals surface area contributed by atoms with Crippen LogP contribution in [0.15, 0.2) is 22.2 Å². The number of esters is 1. The molecule has 13 heavy (non-hydrogen) atoms. The highest BCUT2D eigenvalue weighted by atomic mass is 35.5. The zero-order valence-corrected chi connectivity index (χ0v) is 8.73. The number of carbonyl (C=O) groups excluding carboxylic acids is 1. The van der Waals surface area contributed by atoms with Crippen LogP contribution in [-0.2, 0) is 9.53 Å². The minimum Gasteiger partial charge on any atom is -0.469 e. The summed E-state index contributed by atoms with van der Waals surface area (Å²) in [6, 6.07) is 0. The van der Waals surface area contributed by atoms with Crippen LogP contribution in [-0.4, -0.2) is 13.1 Å². The zero-order valence-electron chi connectivity index (χ0n) is 7.22. The maximum Gasteiger partial charge on any atom is 0.306 e. The Hall–Kier alpha value is -0.470. The van der Waals surface area contributed by atoms with Crippen molar-refractivity contribution >= 4 is 29.2 Å². The number of allylic oxidation sites excluding steroid dienone is 4. The van der Waals surface area contributed by atoms with Gasteiger partial charge in [0.2, 0.25) is 0 Å². The average molecular weight is 221 g/mol. The summed E-state index contributed by atoms with van der Waals surface area (Å²) < 4.78 is 4.55. The Balaban J connectivity index is 2.58. The maximum absolute atomic E-state index is 11.0. The summed E-state index contributed by atoms with van der Waals surface area (Å²) in [4.78, 5) is 11.0. The first-order chi connectivity index (χ1) is 6.13. The first-order valence-electron chi connectivity index (χ1n) is 3.92. The predicted molar refractivity (Wildman–Crippen MR) is 52.6 cm³/mol. The molecule has 0 aliphatic heterocycles. The molecule has 1 aliphatic carbocycles. The lowest BCUT2D eigenvalue weighted by molar-refractivity contribution is -0.141. The van der Waals surface area contributed by atoms with Gasteiger partial charge in [0.25, 0.3) is 0 Å². The van der Waals surface area contributed by atoms with Gasteiger partial charge in [-0.15, -0.1) is 0 Å². The van der Waals surface area contributed by atoms with Gasteiger partial charge < -0.3 is 4.74 Å². The fourth-order valence-corrected chi connectivity index (χ4v) is 1.63. The highest BCUT2D eigenvalue weighted by Gasteiger charge is 2.20. The molecule has 0 heterocycles. The molecule has 0 fully saturated rings. The molecule has 1 unspecified atom stereocenters. The van der Waals surface area contributed by atoms with E-state index in [1.54, 1.807) is 12.2 Å². The quantitative estimate of drug-likeness (QED) is 0.670. The van der Waals surface area contributed by atoms with Gasteiger partial charge in [0.15, 0.2) is 0 Å². The monoisotopic (exact) mass is 220 g/mol. The van der Waals surface area contributed by atoms with Crippen molar-refractivity contribution in [3.05, 3.63) is 22.2 Å². The number of halogens is 2. The van der Waals surface area contributed by atoms with E-state index in [0.717, 1.165) is 5.03 Å². The van der Waals surface area contributed by atoms with Crippen molar-refractivity contribution in [1.82, 2.24) is 0 Å². The normalized spacial score (nSPS) is 21.9. The van der Waals surface area contributed by atoms with Crippen LogP contribution < -0.4 is 0 Å². The summed E-state index contributed by atoms with van der Waals surface area (Å²) in [7, 11) is 1.36. The van der Waals surface area contributed by atoms with Crippen LogP contribution in [0.25, 0.3) is 0 Å². The minimum absolute atomic E-state index is 0.0217. The predicted octanol–water partition coefficient (Wildman–Crippen LogP) is 2.81. The number of ether oxygens (including phenoxy) is 1. The Bertz CT molecular complexity index is 269. The van der Waals surface area contributed by atoms with Crippen molar-refractivity contribution in [3.8, 4) is 0 Å². The zero-order chi connectivity index (χ0) is 9.84. The summed E-state index contributed by atoms with van der Waals surface area (Å²) in [6.07, 6.45) is 4.38. The molecule has 2 nitrogen and oxygen atoms in total. The van der Waals surface area contributed by atoms with Crippen molar-refractivity contribution in [2.45, 2.75) is 12.8 Å². The van der Waals surface area contributed by atoms with E-state index in [1.807, 2.05) is 0 Å². The molecular formula is C9H10Cl2O2. The van der Waals surface area contributed by atoms with Gasteiger partial charge in [-0.3, -0.25) is 4.79 Å². The molecule has 1 aliphatic rings. The van der Waals surface area contributed by atoms with E-state index in [4.69, 9.17) is 23.2 Å². The Kier molecular flexibility index (Phi) is 3.82. The lowest BCUT2D eigenvalue weighted by atomic mass is 9.97. The fraction of sp³-hybridized carbons (Fsp3) is 0.444. The molecule has 0 spiro atoms. The second-order valence-corrected chi connectivity index (χ2v) is 3.77. The molecule has 0 aromatic rings. The highest BCUT2D eigenvalue weighted by Crippen LogP contribution is 2.32. The van der Waals surface area contributed by atoms with Crippen molar-refractivity contribution in [2.24, 2.45) is 5.92 Å². The summed E-state index contributed by atoms with van der Waals surface area (Å²) in [6.45, 7) is 0. The lowest BCUT2D eigenvalue weighted by Crippen LogP contribution is -2.12. The Morgan fingerprint density at radius 2 is 2.31 bits per heavy atom. The molecule has 0 saturated carbocycles. The Morgan fingerprint density at radius 1 is 1.62 bits per heavy atom. The second-order valence-electron chi connectivity index (χ2n) is 2.85. The molecule has 0 amide bonds. The number of methoxy groups -OCH3 is 1. The second kappa shape index (κ2) is 4.68. The summed E-state index contributed by atoms with van der Waals surface area (Å²) in [5, 5.41) is 1.38. The Morgan fingerprint density at radius 3 is 2.92 bits per heavy atom. The Labute approximate surface area is 87.2 Å². The number of hydrogen-bond donors (Lipinski definition) is 0. The van der Waals surface area contributed by atoms with E-state index in [-0.39, 0.29) is 18.3 Å². The SMILES string of the molecule is COC(=O)CC1CC(Cl)=CC=C1Cl. The molecule has 0 aromatic heterocycles. The van der Waals surface area contributed by atoms with Crippen molar-refractivity contribution in [1.29, 1.82) is 0 Å². The van der Waals surface area contributed by atoms with Gasteiger partial charge >= 0.3 is 5.97 Å². The lowest BCUT2D eigenvalue weighted by Gasteiger charge is -2.17. The van der Waals surface area contributed by atoms with E-state index in [0.29, 0.717) is 11.5 Å². The molecule has 4 heteroatoms. The highest BCUT2D eigenvalue weighted by molar-refractivity contribution is 6.32. The molecule has 72 valence electrons. The molecule has 0 bridgehead atoms. The summed E-state index contributed by atoms with van der Waals surface area (Å²) >= 11 is 11.7. The number of carbonyl (C=O) groups is 1. The van der Waals surface area contributed by atoms with Crippen molar-refractivity contribution in [3.63, 3.8) is 0 Å². The van der Waals surface area contributed by atoms with E-state index in [1.165, 1.54) is 7.11 Å². The molecule has 0 aromatic carbocycles. The largest absolute Gasteiger partial charge is 0.469 e. The third-order valence-corrected chi connectivity index (χ3v) is 2.61. The average Bonchev–Trinajstić information content (AvgIpc) is 2.11. The number of rotatable bonds is 2. The van der Waals surface area contributed by atoms with Gasteiger partial charge in [-0.2, -0.15) is 0 Å². The molecular weight excluding hydrogens is 211 g/mol. The van der Waals surface area contributed by atoms with Crippen LogP contribution in [0.1, 0.15) is 12.8 Å². The molecule has 0 radical (unpaired) electrons. The third-order valence-electron chi connectivity index (χ3n) is 1.90. The van der Waals surface area contributed by atoms with Gasteiger partial charge in [-0.05, 0) is 18.6 Å². The first-order valence-corrected chi connectivity index (χ1v) is 4.67. The minimum atomic E-state index is -0.261. The maximum atomic E-state index is 11.0. The van der Waals surface area contributed by atoms with E-state index in [2.05, 4.69) is 4.74 Å². The van der Waals surface area contributed by atoms with Gasteiger partial charge in [0.05, 0.1) is 13.5 Å². The molecule has 1 atom stereocenters. The molecule has 1 rings (SSSR count). The van der Waals surface area contributed by atoms with Crippen LogP contribution in [0, 0.1) is 5.92 Å². The van der Waals surface area contributed by atoms with E-state index in [9.17, 15) is 4.79 Å². The fourth-order valence-electron chi connectivity index (χ4n) is 1.16. The van der Waals surface area contributed by atoms with Crippen LogP contribution >= 0.6 is 23.2 Å². The summed E-state index contributed by atoms with van der Waals surface area (Å²) in [5.74, 6) is -0.283. The van der Waals surface area contributed by atoms with Crippen LogP contribution in [0.3, 0.4) is 0 Å². The van der Waals surface area contributed by atoms with Crippen molar-refractivity contribution < 1.29 is 9.53 Å². The molecule has 0 N–H and O–H groups in total. The smallest absolute Gasteiger partial charge is 0.306 e. The van der Waals surface area contributed by atoms with Gasteiger partial charge in [-0.25, -0.2) is 0 Å². The van der Waals surface area contributed by atoms with Crippen LogP contribution in [0.4, 0.5) is 0 Å². The standard InChI is InChI=1S/C9H10Cl2O2/c1-13-9(12)5-6-4-7(10)2-3-8(6)11/h2-3,6H,4-5H2,1H3.